The predicted octanol–water partition coefficient (Wildman–Crippen LogP) is 3.13. The number of fused-ring (bicyclic) bond motifs is 1. The maximum Gasteiger partial charge on any atom is 0.0497 e. The minimum atomic E-state index is 0.0352. The zero-order valence-corrected chi connectivity index (χ0v) is 13.6. The average Bonchev–Trinajstić information content (AvgIpc) is 2.57. The van der Waals surface area contributed by atoms with Crippen molar-refractivity contribution in [3.8, 4) is 0 Å². The molecular formula is C19H26O3. The summed E-state index contributed by atoms with van der Waals surface area (Å²) in [6.07, 6.45) is 0. The highest BCUT2D eigenvalue weighted by Gasteiger charge is 2.16. The summed E-state index contributed by atoms with van der Waals surface area (Å²) < 4.78 is 0. The second-order valence-electron chi connectivity index (χ2n) is 6.30. The van der Waals surface area contributed by atoms with E-state index in [0.29, 0.717) is 0 Å². The fourth-order valence-electron chi connectivity index (χ4n) is 2.89. The van der Waals surface area contributed by atoms with Crippen LogP contribution in [0.25, 0.3) is 10.8 Å². The molecule has 120 valence electrons. The molecule has 3 N–H and O–H groups in total. The van der Waals surface area contributed by atoms with E-state index in [4.69, 9.17) is 0 Å². The fourth-order valence-corrected chi connectivity index (χ4v) is 2.89. The summed E-state index contributed by atoms with van der Waals surface area (Å²) in [7, 11) is 0. The molecular weight excluding hydrogens is 276 g/mol. The molecule has 2 rings (SSSR count). The minimum Gasteiger partial charge on any atom is -0.396 e. The van der Waals surface area contributed by atoms with Crippen molar-refractivity contribution in [1.29, 1.82) is 0 Å². The summed E-state index contributed by atoms with van der Waals surface area (Å²) in [5, 5.41) is 30.8. The molecule has 0 saturated carbocycles. The van der Waals surface area contributed by atoms with E-state index in [-0.39, 0.29) is 37.6 Å². The van der Waals surface area contributed by atoms with E-state index in [1.807, 2.05) is 32.9 Å². The van der Waals surface area contributed by atoms with Crippen molar-refractivity contribution in [2.45, 2.75) is 38.5 Å². The maximum absolute atomic E-state index is 9.57. The van der Waals surface area contributed by atoms with Gasteiger partial charge >= 0.3 is 0 Å². The highest BCUT2D eigenvalue weighted by atomic mass is 16.3. The molecule has 2 aromatic carbocycles. The van der Waals surface area contributed by atoms with Gasteiger partial charge in [0.2, 0.25) is 0 Å². The molecule has 2 aromatic rings. The van der Waals surface area contributed by atoms with E-state index in [9.17, 15) is 15.3 Å². The molecule has 0 heterocycles. The van der Waals surface area contributed by atoms with Crippen LogP contribution in [0.3, 0.4) is 0 Å². The summed E-state index contributed by atoms with van der Waals surface area (Å²) in [6.45, 7) is 6.29. The fraction of sp³-hybridized carbons (Fsp3) is 0.474. The number of benzene rings is 2. The lowest BCUT2D eigenvalue weighted by molar-refractivity contribution is 0.270. The van der Waals surface area contributed by atoms with Crippen LogP contribution in [0.4, 0.5) is 0 Å². The van der Waals surface area contributed by atoms with Gasteiger partial charge in [-0.15, -0.1) is 0 Å². The Morgan fingerprint density at radius 2 is 1.32 bits per heavy atom. The summed E-state index contributed by atoms with van der Waals surface area (Å²) >= 11 is 0. The molecule has 0 saturated heterocycles. The molecule has 0 amide bonds. The van der Waals surface area contributed by atoms with Gasteiger partial charge in [-0.05, 0) is 27.5 Å². The van der Waals surface area contributed by atoms with Crippen LogP contribution in [0.1, 0.15) is 55.2 Å². The van der Waals surface area contributed by atoms with Crippen LogP contribution >= 0.6 is 0 Å². The zero-order valence-electron chi connectivity index (χ0n) is 13.6. The number of hydrogen-bond donors (Lipinski definition) is 3. The first-order valence-electron chi connectivity index (χ1n) is 7.92. The van der Waals surface area contributed by atoms with Gasteiger partial charge in [0.25, 0.3) is 0 Å². The third-order valence-electron chi connectivity index (χ3n) is 4.54. The standard InChI is InChI=1S/C19H26O3/c1-12(9-20)15-7-18(14(3)11-22)17-6-4-5-16(13(2)10-21)19(17)8-15/h4-8,12-14,20-22H,9-11H2,1-3H3. The average molecular weight is 302 g/mol. The number of rotatable bonds is 6. The van der Waals surface area contributed by atoms with Gasteiger partial charge in [0.15, 0.2) is 0 Å². The van der Waals surface area contributed by atoms with Gasteiger partial charge in [-0.25, -0.2) is 0 Å². The monoisotopic (exact) mass is 302 g/mol. The predicted molar refractivity (Wildman–Crippen MR) is 90.5 cm³/mol. The van der Waals surface area contributed by atoms with Gasteiger partial charge in [-0.2, -0.15) is 0 Å². The molecule has 0 radical (unpaired) electrons. The molecule has 0 aromatic heterocycles. The van der Waals surface area contributed by atoms with Gasteiger partial charge in [-0.1, -0.05) is 51.1 Å². The Morgan fingerprint density at radius 1 is 0.727 bits per heavy atom. The van der Waals surface area contributed by atoms with Gasteiger partial charge < -0.3 is 15.3 Å². The van der Waals surface area contributed by atoms with E-state index in [2.05, 4.69) is 18.2 Å². The smallest absolute Gasteiger partial charge is 0.0497 e. The molecule has 0 fully saturated rings. The van der Waals surface area contributed by atoms with E-state index >= 15 is 0 Å². The minimum absolute atomic E-state index is 0.0352. The lowest BCUT2D eigenvalue weighted by Gasteiger charge is -2.20. The molecule has 0 aliphatic heterocycles. The first-order valence-corrected chi connectivity index (χ1v) is 7.92. The topological polar surface area (TPSA) is 60.7 Å². The lowest BCUT2D eigenvalue weighted by atomic mass is 9.86. The van der Waals surface area contributed by atoms with E-state index in [0.717, 1.165) is 27.5 Å². The molecule has 0 aliphatic carbocycles. The zero-order chi connectivity index (χ0) is 16.3. The van der Waals surface area contributed by atoms with Gasteiger partial charge in [0.05, 0.1) is 0 Å². The Hall–Kier alpha value is -1.42. The Bertz CT molecular complexity index is 636. The Balaban J connectivity index is 2.76. The number of aliphatic hydroxyl groups is 3. The number of aliphatic hydroxyl groups excluding tert-OH is 3. The highest BCUT2D eigenvalue weighted by Crippen LogP contribution is 2.34. The van der Waals surface area contributed by atoms with E-state index in [1.54, 1.807) is 0 Å². The molecule has 3 heteroatoms. The van der Waals surface area contributed by atoms with Crippen LogP contribution in [0.2, 0.25) is 0 Å². The van der Waals surface area contributed by atoms with Crippen molar-refractivity contribution >= 4 is 10.8 Å². The van der Waals surface area contributed by atoms with Crippen molar-refractivity contribution < 1.29 is 15.3 Å². The molecule has 3 nitrogen and oxygen atoms in total. The van der Waals surface area contributed by atoms with Crippen LogP contribution in [-0.2, 0) is 0 Å². The molecule has 22 heavy (non-hydrogen) atoms. The first-order chi connectivity index (χ1) is 10.5. The molecule has 0 spiro atoms. The quantitative estimate of drug-likeness (QED) is 0.768. The largest absolute Gasteiger partial charge is 0.396 e. The van der Waals surface area contributed by atoms with Crippen molar-refractivity contribution in [1.82, 2.24) is 0 Å². The Kier molecular flexibility index (Phi) is 5.57. The first kappa shape index (κ1) is 16.9. The second kappa shape index (κ2) is 7.23. The third-order valence-corrected chi connectivity index (χ3v) is 4.54. The van der Waals surface area contributed by atoms with Gasteiger partial charge in [0.1, 0.15) is 0 Å². The summed E-state index contributed by atoms with van der Waals surface area (Å²) in [6, 6.07) is 10.3. The lowest BCUT2D eigenvalue weighted by Crippen LogP contribution is -2.07. The van der Waals surface area contributed by atoms with Crippen molar-refractivity contribution in [2.24, 2.45) is 0 Å². The van der Waals surface area contributed by atoms with Crippen LogP contribution in [0, 0.1) is 0 Å². The SMILES string of the molecule is CC(CO)c1cc(C(C)CO)c2cccc(C(C)CO)c2c1. The van der Waals surface area contributed by atoms with Gasteiger partial charge in [-0.3, -0.25) is 0 Å². The van der Waals surface area contributed by atoms with Gasteiger partial charge in [0, 0.05) is 37.6 Å². The summed E-state index contributed by atoms with van der Waals surface area (Å²) in [5.74, 6) is 0.139. The van der Waals surface area contributed by atoms with Crippen molar-refractivity contribution in [2.75, 3.05) is 19.8 Å². The normalized spacial score (nSPS) is 15.7. The number of hydrogen-bond acceptors (Lipinski definition) is 3. The van der Waals surface area contributed by atoms with Crippen LogP contribution < -0.4 is 0 Å². The van der Waals surface area contributed by atoms with Crippen molar-refractivity contribution in [3.05, 3.63) is 47.0 Å². The molecule has 0 aliphatic rings. The summed E-state index contributed by atoms with van der Waals surface area (Å²) in [4.78, 5) is 0. The van der Waals surface area contributed by atoms with Crippen LogP contribution in [0.5, 0.6) is 0 Å². The maximum atomic E-state index is 9.57. The highest BCUT2D eigenvalue weighted by molar-refractivity contribution is 5.90. The molecule has 3 unspecified atom stereocenters. The second-order valence-corrected chi connectivity index (χ2v) is 6.30. The summed E-state index contributed by atoms with van der Waals surface area (Å²) in [5.41, 5.74) is 3.28. The van der Waals surface area contributed by atoms with Crippen LogP contribution in [-0.4, -0.2) is 35.1 Å². The van der Waals surface area contributed by atoms with Crippen LogP contribution in [0.15, 0.2) is 30.3 Å². The van der Waals surface area contributed by atoms with E-state index < -0.39 is 0 Å². The molecule has 3 atom stereocenters. The van der Waals surface area contributed by atoms with Crippen molar-refractivity contribution in [3.63, 3.8) is 0 Å². The molecule has 0 bridgehead atoms. The third kappa shape index (κ3) is 3.17. The Morgan fingerprint density at radius 3 is 1.91 bits per heavy atom. The van der Waals surface area contributed by atoms with E-state index in [1.165, 1.54) is 0 Å². The Labute approximate surface area is 132 Å².